The van der Waals surface area contributed by atoms with E-state index in [1.807, 2.05) is 54.3 Å². The summed E-state index contributed by atoms with van der Waals surface area (Å²) in [4.78, 5) is 21.5. The van der Waals surface area contributed by atoms with Crippen LogP contribution in [0.15, 0.2) is 59.0 Å². The van der Waals surface area contributed by atoms with Gasteiger partial charge in [-0.3, -0.25) is 9.69 Å². The summed E-state index contributed by atoms with van der Waals surface area (Å²) in [5, 5.41) is 0.665. The molecule has 1 fully saturated rings. The third-order valence-electron chi connectivity index (χ3n) is 5.53. The molecule has 156 valence electrons. The van der Waals surface area contributed by atoms with E-state index in [1.165, 1.54) is 5.56 Å². The van der Waals surface area contributed by atoms with E-state index in [0.29, 0.717) is 17.3 Å². The Hall–Kier alpha value is -2.63. The van der Waals surface area contributed by atoms with Gasteiger partial charge in [-0.05, 0) is 37.1 Å². The van der Waals surface area contributed by atoms with Crippen LogP contribution >= 0.6 is 11.6 Å². The second kappa shape index (κ2) is 9.45. The van der Waals surface area contributed by atoms with Crippen LogP contribution in [0.3, 0.4) is 0 Å². The quantitative estimate of drug-likeness (QED) is 0.582. The van der Waals surface area contributed by atoms with Crippen molar-refractivity contribution in [2.45, 2.75) is 26.3 Å². The van der Waals surface area contributed by atoms with E-state index >= 15 is 0 Å². The number of benzene rings is 2. The number of hydrogen-bond acceptors (Lipinski definition) is 4. The first-order chi connectivity index (χ1) is 14.6. The first kappa shape index (κ1) is 20.6. The number of oxazole rings is 1. The standard InChI is InChI=1S/C24H26ClN3O2/c1-18-22(26-24(30-18)20-8-5-9-21(25)16-20)17-27-12-14-28(15-13-27)23(29)11-10-19-6-3-2-4-7-19/h2-9,16H,10-15,17H2,1H3. The Bertz CT molecular complexity index is 995. The summed E-state index contributed by atoms with van der Waals surface area (Å²) in [5.41, 5.74) is 3.03. The molecule has 0 radical (unpaired) electrons. The van der Waals surface area contributed by atoms with Gasteiger partial charge in [-0.15, -0.1) is 0 Å². The second-order valence-corrected chi connectivity index (χ2v) is 8.11. The van der Waals surface area contributed by atoms with Crippen molar-refractivity contribution < 1.29 is 9.21 Å². The highest BCUT2D eigenvalue weighted by Crippen LogP contribution is 2.25. The molecule has 0 unspecified atom stereocenters. The number of piperazine rings is 1. The molecule has 3 aromatic rings. The zero-order chi connectivity index (χ0) is 20.9. The van der Waals surface area contributed by atoms with Crippen molar-refractivity contribution in [3.8, 4) is 11.5 Å². The summed E-state index contributed by atoms with van der Waals surface area (Å²) in [6, 6.07) is 17.7. The Kier molecular flexibility index (Phi) is 6.50. The van der Waals surface area contributed by atoms with Gasteiger partial charge in [-0.1, -0.05) is 48.0 Å². The molecule has 2 heterocycles. The Balaban J connectivity index is 1.29. The molecular formula is C24H26ClN3O2. The number of aromatic nitrogens is 1. The average Bonchev–Trinajstić information content (AvgIpc) is 3.13. The SMILES string of the molecule is Cc1oc(-c2cccc(Cl)c2)nc1CN1CCN(C(=O)CCc2ccccc2)CC1. The van der Waals surface area contributed by atoms with Crippen LogP contribution in [-0.2, 0) is 17.8 Å². The molecule has 0 bridgehead atoms. The molecule has 4 rings (SSSR count). The van der Waals surface area contributed by atoms with Gasteiger partial charge in [0.2, 0.25) is 11.8 Å². The van der Waals surface area contributed by atoms with Crippen molar-refractivity contribution in [2.75, 3.05) is 26.2 Å². The van der Waals surface area contributed by atoms with E-state index in [9.17, 15) is 4.79 Å². The van der Waals surface area contributed by atoms with Gasteiger partial charge in [0.1, 0.15) is 5.76 Å². The van der Waals surface area contributed by atoms with Crippen LogP contribution in [-0.4, -0.2) is 46.9 Å². The lowest BCUT2D eigenvalue weighted by molar-refractivity contribution is -0.133. The van der Waals surface area contributed by atoms with E-state index in [1.54, 1.807) is 0 Å². The van der Waals surface area contributed by atoms with Gasteiger partial charge in [0.05, 0.1) is 5.69 Å². The molecule has 1 amide bonds. The number of aryl methyl sites for hydroxylation is 2. The summed E-state index contributed by atoms with van der Waals surface area (Å²) in [5.74, 6) is 1.66. The Morgan fingerprint density at radius 2 is 1.83 bits per heavy atom. The van der Waals surface area contributed by atoms with Gasteiger partial charge >= 0.3 is 0 Å². The predicted molar refractivity (Wildman–Crippen MR) is 118 cm³/mol. The lowest BCUT2D eigenvalue weighted by Gasteiger charge is -2.34. The summed E-state index contributed by atoms with van der Waals surface area (Å²) in [6.07, 6.45) is 1.36. The van der Waals surface area contributed by atoms with Crippen LogP contribution in [0.4, 0.5) is 0 Å². The molecule has 0 saturated carbocycles. The molecule has 0 atom stereocenters. The van der Waals surface area contributed by atoms with Crippen LogP contribution in [0.2, 0.25) is 5.02 Å². The zero-order valence-corrected chi connectivity index (χ0v) is 17.9. The fraction of sp³-hybridized carbons (Fsp3) is 0.333. The largest absolute Gasteiger partial charge is 0.441 e. The third-order valence-corrected chi connectivity index (χ3v) is 5.77. The summed E-state index contributed by atoms with van der Waals surface area (Å²) in [7, 11) is 0. The van der Waals surface area contributed by atoms with Gasteiger partial charge in [0.15, 0.2) is 0 Å². The van der Waals surface area contributed by atoms with Crippen molar-refractivity contribution in [3.63, 3.8) is 0 Å². The third kappa shape index (κ3) is 5.10. The van der Waals surface area contributed by atoms with Gasteiger partial charge in [0, 0.05) is 49.7 Å². The molecule has 0 aliphatic carbocycles. The molecule has 6 heteroatoms. The van der Waals surface area contributed by atoms with E-state index in [4.69, 9.17) is 16.0 Å². The maximum absolute atomic E-state index is 12.5. The number of carbonyl (C=O) groups is 1. The van der Waals surface area contributed by atoms with Crippen molar-refractivity contribution in [1.82, 2.24) is 14.8 Å². The minimum absolute atomic E-state index is 0.236. The van der Waals surface area contributed by atoms with Crippen LogP contribution in [0.5, 0.6) is 0 Å². The summed E-state index contributed by atoms with van der Waals surface area (Å²) < 4.78 is 5.87. The molecule has 30 heavy (non-hydrogen) atoms. The van der Waals surface area contributed by atoms with Gasteiger partial charge in [0.25, 0.3) is 0 Å². The van der Waals surface area contributed by atoms with E-state index in [-0.39, 0.29) is 5.91 Å². The van der Waals surface area contributed by atoms with Crippen molar-refractivity contribution >= 4 is 17.5 Å². The van der Waals surface area contributed by atoms with E-state index in [2.05, 4.69) is 22.0 Å². The highest BCUT2D eigenvalue weighted by atomic mass is 35.5. The molecule has 1 saturated heterocycles. The first-order valence-corrected chi connectivity index (χ1v) is 10.7. The van der Waals surface area contributed by atoms with Crippen molar-refractivity contribution in [2.24, 2.45) is 0 Å². The van der Waals surface area contributed by atoms with Gasteiger partial charge < -0.3 is 9.32 Å². The molecule has 5 nitrogen and oxygen atoms in total. The Morgan fingerprint density at radius 3 is 2.57 bits per heavy atom. The molecule has 1 aromatic heterocycles. The summed E-state index contributed by atoms with van der Waals surface area (Å²) >= 11 is 6.08. The lowest BCUT2D eigenvalue weighted by Crippen LogP contribution is -2.48. The number of hydrogen-bond donors (Lipinski definition) is 0. The normalized spacial score (nSPS) is 14.8. The fourth-order valence-corrected chi connectivity index (χ4v) is 3.93. The van der Waals surface area contributed by atoms with Crippen LogP contribution in [0.25, 0.3) is 11.5 Å². The first-order valence-electron chi connectivity index (χ1n) is 10.3. The molecule has 1 aliphatic rings. The van der Waals surface area contributed by atoms with E-state index in [0.717, 1.165) is 56.2 Å². The molecule has 2 aromatic carbocycles. The zero-order valence-electron chi connectivity index (χ0n) is 17.2. The van der Waals surface area contributed by atoms with Crippen molar-refractivity contribution in [1.29, 1.82) is 0 Å². The topological polar surface area (TPSA) is 49.6 Å². The maximum Gasteiger partial charge on any atom is 0.226 e. The highest BCUT2D eigenvalue weighted by Gasteiger charge is 2.22. The molecule has 0 spiro atoms. The van der Waals surface area contributed by atoms with Crippen molar-refractivity contribution in [3.05, 3.63) is 76.6 Å². The van der Waals surface area contributed by atoms with E-state index < -0.39 is 0 Å². The monoisotopic (exact) mass is 423 g/mol. The van der Waals surface area contributed by atoms with Crippen LogP contribution in [0.1, 0.15) is 23.4 Å². The number of nitrogens with zero attached hydrogens (tertiary/aromatic N) is 3. The van der Waals surface area contributed by atoms with Crippen LogP contribution < -0.4 is 0 Å². The smallest absolute Gasteiger partial charge is 0.226 e. The molecule has 0 N–H and O–H groups in total. The lowest BCUT2D eigenvalue weighted by atomic mass is 10.1. The number of carbonyl (C=O) groups excluding carboxylic acids is 1. The maximum atomic E-state index is 12.5. The minimum atomic E-state index is 0.236. The fourth-order valence-electron chi connectivity index (χ4n) is 3.74. The Labute approximate surface area is 182 Å². The predicted octanol–water partition coefficient (Wildman–Crippen LogP) is 4.58. The van der Waals surface area contributed by atoms with Gasteiger partial charge in [-0.2, -0.15) is 0 Å². The number of halogens is 1. The minimum Gasteiger partial charge on any atom is -0.441 e. The average molecular weight is 424 g/mol. The Morgan fingerprint density at radius 1 is 1.07 bits per heavy atom. The molecule has 1 aliphatic heterocycles. The summed E-state index contributed by atoms with van der Waals surface area (Å²) in [6.45, 7) is 5.87. The number of amides is 1. The molecular weight excluding hydrogens is 398 g/mol. The highest BCUT2D eigenvalue weighted by molar-refractivity contribution is 6.30. The van der Waals surface area contributed by atoms with Gasteiger partial charge in [-0.25, -0.2) is 4.98 Å². The second-order valence-electron chi connectivity index (χ2n) is 7.67. The number of rotatable bonds is 6. The van der Waals surface area contributed by atoms with Crippen LogP contribution in [0, 0.1) is 6.92 Å².